The zero-order chi connectivity index (χ0) is 16.4. The first kappa shape index (κ1) is 15.2. The summed E-state index contributed by atoms with van der Waals surface area (Å²) in [6, 6.07) is 7.51. The summed E-state index contributed by atoms with van der Waals surface area (Å²) in [4.78, 5) is 22.6. The molecule has 0 saturated heterocycles. The summed E-state index contributed by atoms with van der Waals surface area (Å²) < 4.78 is 5.70. The lowest BCUT2D eigenvalue weighted by Crippen LogP contribution is -2.09. The highest BCUT2D eigenvalue weighted by molar-refractivity contribution is 7.13. The van der Waals surface area contributed by atoms with Crippen molar-refractivity contribution in [1.82, 2.24) is 9.97 Å². The highest BCUT2D eigenvalue weighted by Gasteiger charge is 2.19. The quantitative estimate of drug-likeness (QED) is 0.774. The Morgan fingerprint density at radius 1 is 1.35 bits per heavy atom. The molecule has 0 bridgehead atoms. The largest absolute Gasteiger partial charge is 0.481 e. The summed E-state index contributed by atoms with van der Waals surface area (Å²) in [5.41, 5.74) is 1.29. The summed E-state index contributed by atoms with van der Waals surface area (Å²) in [5.74, 6) is 0.602. The van der Waals surface area contributed by atoms with Crippen molar-refractivity contribution < 1.29 is 14.3 Å². The van der Waals surface area contributed by atoms with Gasteiger partial charge in [0.05, 0.1) is 10.4 Å². The molecule has 0 aliphatic rings. The Bertz CT molecular complexity index is 808. The maximum atomic E-state index is 11.1. The lowest BCUT2D eigenvalue weighted by Gasteiger charge is -2.10. The van der Waals surface area contributed by atoms with E-state index >= 15 is 0 Å². The van der Waals surface area contributed by atoms with Gasteiger partial charge in [-0.2, -0.15) is 0 Å². The van der Waals surface area contributed by atoms with Crippen molar-refractivity contribution in [2.24, 2.45) is 0 Å². The van der Waals surface area contributed by atoms with E-state index in [2.05, 4.69) is 9.97 Å². The minimum atomic E-state index is -0.952. The third-order valence-corrected chi connectivity index (χ3v) is 4.09. The summed E-state index contributed by atoms with van der Waals surface area (Å²) in [7, 11) is 3.82. The predicted molar refractivity (Wildman–Crippen MR) is 88.7 cm³/mol. The molecule has 3 aromatic rings. The van der Waals surface area contributed by atoms with E-state index in [1.165, 1.54) is 11.3 Å². The smallest absolute Gasteiger partial charge is 0.311 e. The van der Waals surface area contributed by atoms with E-state index in [0.29, 0.717) is 22.9 Å². The highest BCUT2D eigenvalue weighted by atomic mass is 32.1. The Balaban J connectivity index is 2.01. The molecule has 0 amide bonds. The molecule has 1 N–H and O–H groups in total. The zero-order valence-corrected chi connectivity index (χ0v) is 13.5. The number of carbonyl (C=O) groups is 1. The van der Waals surface area contributed by atoms with E-state index in [4.69, 9.17) is 9.52 Å². The van der Waals surface area contributed by atoms with Gasteiger partial charge in [-0.3, -0.25) is 4.79 Å². The fraction of sp³-hybridized carbons (Fsp3) is 0.188. The van der Waals surface area contributed by atoms with Crippen LogP contribution in [0.1, 0.15) is 5.76 Å². The van der Waals surface area contributed by atoms with Gasteiger partial charge in [-0.1, -0.05) is 6.07 Å². The second-order valence-corrected chi connectivity index (χ2v) is 6.09. The number of carboxylic acids is 1. The number of carboxylic acid groups (broad SMARTS) is 1. The Morgan fingerprint density at radius 2 is 2.17 bits per heavy atom. The van der Waals surface area contributed by atoms with Crippen LogP contribution in [0.2, 0.25) is 0 Å². The van der Waals surface area contributed by atoms with Crippen molar-refractivity contribution in [2.75, 3.05) is 19.0 Å². The molecular formula is C16H15N3O3S. The van der Waals surface area contributed by atoms with Gasteiger partial charge in [-0.15, -0.1) is 11.3 Å². The number of rotatable bonds is 5. The van der Waals surface area contributed by atoms with Crippen LogP contribution in [0, 0.1) is 0 Å². The molecule has 0 radical (unpaired) electrons. The number of anilines is 1. The van der Waals surface area contributed by atoms with Crippen LogP contribution >= 0.6 is 11.3 Å². The molecule has 0 spiro atoms. The summed E-state index contributed by atoms with van der Waals surface area (Å²) in [6.45, 7) is 0. The predicted octanol–water partition coefficient (Wildman–Crippen LogP) is 3.16. The Kier molecular flexibility index (Phi) is 4.12. The third kappa shape index (κ3) is 3.24. The fourth-order valence-corrected chi connectivity index (χ4v) is 2.85. The summed E-state index contributed by atoms with van der Waals surface area (Å²) in [6.07, 6.45) is 1.47. The van der Waals surface area contributed by atoms with Gasteiger partial charge in [0.2, 0.25) is 5.89 Å². The van der Waals surface area contributed by atoms with Gasteiger partial charge in [-0.25, -0.2) is 9.97 Å². The first-order valence-electron chi connectivity index (χ1n) is 6.93. The number of pyridine rings is 1. The van der Waals surface area contributed by atoms with E-state index in [-0.39, 0.29) is 6.42 Å². The van der Waals surface area contributed by atoms with E-state index in [1.807, 2.05) is 48.6 Å². The van der Waals surface area contributed by atoms with Crippen molar-refractivity contribution in [3.63, 3.8) is 0 Å². The Labute approximate surface area is 137 Å². The monoisotopic (exact) mass is 329 g/mol. The molecule has 3 heterocycles. The number of aliphatic carboxylic acids is 1. The van der Waals surface area contributed by atoms with Crippen LogP contribution in [-0.4, -0.2) is 35.1 Å². The van der Waals surface area contributed by atoms with Crippen molar-refractivity contribution in [3.05, 3.63) is 41.6 Å². The number of hydrogen-bond donors (Lipinski definition) is 1. The molecule has 3 rings (SSSR count). The number of nitrogens with zero attached hydrogens (tertiary/aromatic N) is 3. The number of thiophene rings is 1. The fourth-order valence-electron chi connectivity index (χ4n) is 2.12. The standard InChI is InChI=1S/C16H15N3O3S/c1-19(2)13-6-5-10(9-17-13)16-18-15(12-4-3-7-23-12)11(22-16)8-14(20)21/h3-7,9H,8H2,1-2H3,(H,20,21). The molecule has 3 aromatic heterocycles. The SMILES string of the molecule is CN(C)c1ccc(-c2nc(-c3cccs3)c(CC(=O)O)o2)cn1. The minimum absolute atomic E-state index is 0.205. The van der Waals surface area contributed by atoms with Crippen LogP contribution in [0.5, 0.6) is 0 Å². The first-order chi connectivity index (χ1) is 11.0. The molecule has 0 aliphatic carbocycles. The average molecular weight is 329 g/mol. The van der Waals surface area contributed by atoms with Crippen molar-refractivity contribution in [3.8, 4) is 22.0 Å². The molecule has 0 aromatic carbocycles. The van der Waals surface area contributed by atoms with Gasteiger partial charge >= 0.3 is 5.97 Å². The maximum Gasteiger partial charge on any atom is 0.311 e. The van der Waals surface area contributed by atoms with E-state index in [1.54, 1.807) is 6.20 Å². The molecule has 118 valence electrons. The van der Waals surface area contributed by atoms with Crippen LogP contribution in [-0.2, 0) is 11.2 Å². The van der Waals surface area contributed by atoms with E-state index in [0.717, 1.165) is 10.7 Å². The molecule has 23 heavy (non-hydrogen) atoms. The molecule has 0 atom stereocenters. The van der Waals surface area contributed by atoms with Crippen molar-refractivity contribution in [1.29, 1.82) is 0 Å². The van der Waals surface area contributed by atoms with Gasteiger partial charge < -0.3 is 14.4 Å². The molecular weight excluding hydrogens is 314 g/mol. The van der Waals surface area contributed by atoms with Gasteiger partial charge in [0.25, 0.3) is 0 Å². The van der Waals surface area contributed by atoms with E-state index < -0.39 is 5.97 Å². The normalized spacial score (nSPS) is 10.7. The summed E-state index contributed by atoms with van der Waals surface area (Å²) >= 11 is 1.49. The maximum absolute atomic E-state index is 11.1. The van der Waals surface area contributed by atoms with Crippen molar-refractivity contribution >= 4 is 23.1 Å². The van der Waals surface area contributed by atoms with Gasteiger partial charge in [0, 0.05) is 20.3 Å². The van der Waals surface area contributed by atoms with E-state index in [9.17, 15) is 4.79 Å². The molecule has 0 aliphatic heterocycles. The highest BCUT2D eigenvalue weighted by Crippen LogP contribution is 2.32. The molecule has 0 saturated carbocycles. The number of aromatic nitrogens is 2. The average Bonchev–Trinajstić information content (AvgIpc) is 3.16. The number of oxazole rings is 1. The lowest BCUT2D eigenvalue weighted by molar-refractivity contribution is -0.136. The van der Waals surface area contributed by atoms with Crippen LogP contribution in [0.25, 0.3) is 22.0 Å². The van der Waals surface area contributed by atoms with Crippen LogP contribution in [0.15, 0.2) is 40.3 Å². The minimum Gasteiger partial charge on any atom is -0.481 e. The van der Waals surface area contributed by atoms with Crippen LogP contribution in [0.4, 0.5) is 5.82 Å². The Hall–Kier alpha value is -2.67. The second kappa shape index (κ2) is 6.21. The molecule has 0 fully saturated rings. The lowest BCUT2D eigenvalue weighted by atomic mass is 10.2. The van der Waals surface area contributed by atoms with Crippen LogP contribution < -0.4 is 4.90 Å². The molecule has 0 unspecified atom stereocenters. The Morgan fingerprint density at radius 3 is 2.74 bits per heavy atom. The van der Waals surface area contributed by atoms with Crippen LogP contribution in [0.3, 0.4) is 0 Å². The second-order valence-electron chi connectivity index (χ2n) is 5.14. The van der Waals surface area contributed by atoms with Gasteiger partial charge in [-0.05, 0) is 23.6 Å². The van der Waals surface area contributed by atoms with Gasteiger partial charge in [0.15, 0.2) is 0 Å². The van der Waals surface area contributed by atoms with Crippen molar-refractivity contribution in [2.45, 2.75) is 6.42 Å². The first-order valence-corrected chi connectivity index (χ1v) is 7.81. The number of hydrogen-bond acceptors (Lipinski definition) is 6. The molecule has 7 heteroatoms. The zero-order valence-electron chi connectivity index (χ0n) is 12.7. The molecule has 6 nitrogen and oxygen atoms in total. The summed E-state index contributed by atoms with van der Waals surface area (Å²) in [5, 5.41) is 11.0. The topological polar surface area (TPSA) is 79.5 Å². The third-order valence-electron chi connectivity index (χ3n) is 3.22. The van der Waals surface area contributed by atoms with Gasteiger partial charge in [0.1, 0.15) is 23.7 Å².